The number of ether oxygens (including phenoxy) is 1. The van der Waals surface area contributed by atoms with Gasteiger partial charge in [-0.15, -0.1) is 0 Å². The highest BCUT2D eigenvalue weighted by Crippen LogP contribution is 2.40. The molecule has 0 spiro atoms. The lowest BCUT2D eigenvalue weighted by Crippen LogP contribution is -2.12. The average molecular weight is 275 g/mol. The van der Waals surface area contributed by atoms with Crippen molar-refractivity contribution in [3.63, 3.8) is 0 Å². The second-order valence-corrected chi connectivity index (χ2v) is 5.34. The standard InChI is InChI=1S/C19H17NO/c1-21-18-8-7-15-11-17(14-5-3-2-4-6-14)12-16(9-10-20)19(15)13-18/h2-9,13,17H,11-12H2,1H3. The Hall–Kier alpha value is -2.53. The highest BCUT2D eigenvalue weighted by Gasteiger charge is 2.24. The number of nitriles is 1. The van der Waals surface area contributed by atoms with Gasteiger partial charge in [0.15, 0.2) is 0 Å². The van der Waals surface area contributed by atoms with Crippen LogP contribution in [0.2, 0.25) is 0 Å². The van der Waals surface area contributed by atoms with E-state index < -0.39 is 0 Å². The molecule has 0 bridgehead atoms. The van der Waals surface area contributed by atoms with Crippen molar-refractivity contribution in [2.24, 2.45) is 0 Å². The SMILES string of the molecule is COc1ccc2c(c1)C(=CC#N)CC(c1ccccc1)C2. The summed E-state index contributed by atoms with van der Waals surface area (Å²) in [6, 6.07) is 18.9. The molecule has 3 rings (SSSR count). The molecule has 0 heterocycles. The van der Waals surface area contributed by atoms with Crippen molar-refractivity contribution in [2.75, 3.05) is 7.11 Å². The topological polar surface area (TPSA) is 33.0 Å². The van der Waals surface area contributed by atoms with Crippen molar-refractivity contribution in [1.82, 2.24) is 0 Å². The number of allylic oxidation sites excluding steroid dienone is 2. The van der Waals surface area contributed by atoms with E-state index in [1.54, 1.807) is 13.2 Å². The van der Waals surface area contributed by atoms with E-state index in [0.717, 1.165) is 29.7 Å². The van der Waals surface area contributed by atoms with Crippen molar-refractivity contribution in [1.29, 1.82) is 5.26 Å². The lowest BCUT2D eigenvalue weighted by atomic mass is 9.77. The summed E-state index contributed by atoms with van der Waals surface area (Å²) < 4.78 is 5.31. The molecule has 104 valence electrons. The quantitative estimate of drug-likeness (QED) is 0.764. The molecule has 1 aliphatic carbocycles. The van der Waals surface area contributed by atoms with E-state index >= 15 is 0 Å². The zero-order valence-corrected chi connectivity index (χ0v) is 12.0. The molecule has 0 N–H and O–H groups in total. The molecule has 2 aromatic carbocycles. The Morgan fingerprint density at radius 1 is 1.14 bits per heavy atom. The summed E-state index contributed by atoms with van der Waals surface area (Å²) in [6.45, 7) is 0. The Morgan fingerprint density at radius 2 is 1.95 bits per heavy atom. The molecule has 0 aliphatic heterocycles. The second-order valence-electron chi connectivity index (χ2n) is 5.34. The van der Waals surface area contributed by atoms with Crippen LogP contribution in [0, 0.1) is 11.3 Å². The van der Waals surface area contributed by atoms with Gasteiger partial charge in [-0.05, 0) is 53.2 Å². The number of hydrogen-bond acceptors (Lipinski definition) is 2. The van der Waals surface area contributed by atoms with Crippen LogP contribution in [0.3, 0.4) is 0 Å². The largest absolute Gasteiger partial charge is 0.497 e. The fraction of sp³-hybridized carbons (Fsp3) is 0.211. The van der Waals surface area contributed by atoms with Crippen molar-refractivity contribution in [2.45, 2.75) is 18.8 Å². The number of benzene rings is 2. The minimum atomic E-state index is 0.437. The van der Waals surface area contributed by atoms with E-state index in [-0.39, 0.29) is 0 Å². The first-order valence-corrected chi connectivity index (χ1v) is 7.12. The molecule has 0 aromatic heterocycles. The smallest absolute Gasteiger partial charge is 0.119 e. The Balaban J connectivity index is 2.03. The van der Waals surface area contributed by atoms with Gasteiger partial charge in [-0.25, -0.2) is 0 Å². The Morgan fingerprint density at radius 3 is 2.67 bits per heavy atom. The van der Waals surface area contributed by atoms with Gasteiger partial charge in [0.05, 0.1) is 13.2 Å². The molecule has 0 saturated carbocycles. The molecular formula is C19H17NO. The molecular weight excluding hydrogens is 258 g/mol. The van der Waals surface area contributed by atoms with Gasteiger partial charge < -0.3 is 4.74 Å². The summed E-state index contributed by atoms with van der Waals surface area (Å²) in [7, 11) is 1.67. The second kappa shape index (κ2) is 5.85. The maximum absolute atomic E-state index is 9.07. The highest BCUT2D eigenvalue weighted by atomic mass is 16.5. The Kier molecular flexibility index (Phi) is 3.75. The molecule has 0 radical (unpaired) electrons. The maximum Gasteiger partial charge on any atom is 0.119 e. The van der Waals surface area contributed by atoms with Gasteiger partial charge in [-0.3, -0.25) is 0 Å². The van der Waals surface area contributed by atoms with Gasteiger partial charge >= 0.3 is 0 Å². The Labute approximate surface area is 125 Å². The number of fused-ring (bicyclic) bond motifs is 1. The Bertz CT molecular complexity index is 710. The predicted molar refractivity (Wildman–Crippen MR) is 84.1 cm³/mol. The molecule has 21 heavy (non-hydrogen) atoms. The van der Waals surface area contributed by atoms with Crippen LogP contribution >= 0.6 is 0 Å². The van der Waals surface area contributed by atoms with E-state index in [9.17, 15) is 0 Å². The zero-order chi connectivity index (χ0) is 14.7. The maximum atomic E-state index is 9.07. The summed E-state index contributed by atoms with van der Waals surface area (Å²) in [5.74, 6) is 1.28. The highest BCUT2D eigenvalue weighted by molar-refractivity contribution is 5.74. The molecule has 2 heteroatoms. The van der Waals surface area contributed by atoms with Crippen LogP contribution in [0.25, 0.3) is 5.57 Å². The fourth-order valence-electron chi connectivity index (χ4n) is 3.05. The number of hydrogen-bond donors (Lipinski definition) is 0. The molecule has 1 unspecified atom stereocenters. The first-order chi connectivity index (χ1) is 10.3. The van der Waals surface area contributed by atoms with Crippen LogP contribution in [-0.2, 0) is 6.42 Å². The number of methoxy groups -OCH3 is 1. The summed E-state index contributed by atoms with van der Waals surface area (Å²) in [5.41, 5.74) is 4.88. The fourth-order valence-corrected chi connectivity index (χ4v) is 3.05. The third kappa shape index (κ3) is 2.68. The first-order valence-electron chi connectivity index (χ1n) is 7.12. The van der Waals surface area contributed by atoms with E-state index in [1.165, 1.54) is 11.1 Å². The molecule has 0 saturated heterocycles. The van der Waals surface area contributed by atoms with Gasteiger partial charge in [-0.2, -0.15) is 5.26 Å². The van der Waals surface area contributed by atoms with E-state index in [4.69, 9.17) is 10.00 Å². The summed E-state index contributed by atoms with van der Waals surface area (Å²) in [6.07, 6.45) is 3.58. The van der Waals surface area contributed by atoms with E-state index in [1.807, 2.05) is 18.2 Å². The monoisotopic (exact) mass is 275 g/mol. The predicted octanol–water partition coefficient (Wildman–Crippen LogP) is 4.33. The molecule has 1 aliphatic rings. The van der Waals surface area contributed by atoms with Crippen molar-refractivity contribution in [3.05, 3.63) is 71.3 Å². The van der Waals surface area contributed by atoms with Crippen LogP contribution in [0.5, 0.6) is 5.75 Å². The molecule has 1 atom stereocenters. The van der Waals surface area contributed by atoms with Gasteiger partial charge in [-0.1, -0.05) is 36.4 Å². The molecule has 2 nitrogen and oxygen atoms in total. The van der Waals surface area contributed by atoms with Crippen LogP contribution in [0.1, 0.15) is 29.0 Å². The normalized spacial score (nSPS) is 18.9. The van der Waals surface area contributed by atoms with Crippen molar-refractivity contribution in [3.8, 4) is 11.8 Å². The zero-order valence-electron chi connectivity index (χ0n) is 12.0. The molecule has 0 fully saturated rings. The third-order valence-electron chi connectivity index (χ3n) is 4.11. The first kappa shape index (κ1) is 13.5. The number of rotatable bonds is 2. The van der Waals surface area contributed by atoms with Crippen molar-refractivity contribution >= 4 is 5.57 Å². The lowest BCUT2D eigenvalue weighted by Gasteiger charge is -2.27. The van der Waals surface area contributed by atoms with Gasteiger partial charge in [0.1, 0.15) is 5.75 Å². The molecule has 2 aromatic rings. The van der Waals surface area contributed by atoms with Crippen LogP contribution in [-0.4, -0.2) is 7.11 Å². The minimum Gasteiger partial charge on any atom is -0.497 e. The molecule has 0 amide bonds. The van der Waals surface area contributed by atoms with E-state index in [0.29, 0.717) is 5.92 Å². The van der Waals surface area contributed by atoms with Gasteiger partial charge in [0, 0.05) is 6.08 Å². The van der Waals surface area contributed by atoms with E-state index in [2.05, 4.69) is 36.4 Å². The summed E-state index contributed by atoms with van der Waals surface area (Å²) in [4.78, 5) is 0. The van der Waals surface area contributed by atoms with Gasteiger partial charge in [0.25, 0.3) is 0 Å². The van der Waals surface area contributed by atoms with Crippen molar-refractivity contribution < 1.29 is 4.74 Å². The van der Waals surface area contributed by atoms with Gasteiger partial charge in [0.2, 0.25) is 0 Å². The number of nitrogens with zero attached hydrogens (tertiary/aromatic N) is 1. The minimum absolute atomic E-state index is 0.437. The average Bonchev–Trinajstić information content (AvgIpc) is 2.55. The van der Waals surface area contributed by atoms with Crippen LogP contribution in [0.15, 0.2) is 54.6 Å². The lowest BCUT2D eigenvalue weighted by molar-refractivity contribution is 0.414. The summed E-state index contributed by atoms with van der Waals surface area (Å²) >= 11 is 0. The van der Waals surface area contributed by atoms with Crippen LogP contribution in [0.4, 0.5) is 0 Å². The third-order valence-corrected chi connectivity index (χ3v) is 4.11. The van der Waals surface area contributed by atoms with Crippen LogP contribution < -0.4 is 4.74 Å². The summed E-state index contributed by atoms with van der Waals surface area (Å²) in [5, 5.41) is 9.07.